The second kappa shape index (κ2) is 4.97. The molecule has 3 nitrogen and oxygen atoms in total. The fraction of sp³-hybridized carbons (Fsp3) is 0.714. The lowest BCUT2D eigenvalue weighted by molar-refractivity contribution is 0.164. The van der Waals surface area contributed by atoms with Crippen LogP contribution in [-0.2, 0) is 4.74 Å². The van der Waals surface area contributed by atoms with Gasteiger partial charge in [0, 0.05) is 7.05 Å². The van der Waals surface area contributed by atoms with Crippen molar-refractivity contribution >= 4 is 0 Å². The molecule has 0 aliphatic heterocycles. The van der Waals surface area contributed by atoms with E-state index < -0.39 is 0 Å². The van der Waals surface area contributed by atoms with Crippen LogP contribution < -0.4 is 11.1 Å². The molecule has 0 unspecified atom stereocenters. The van der Waals surface area contributed by atoms with E-state index in [0.717, 1.165) is 0 Å². The van der Waals surface area contributed by atoms with Gasteiger partial charge in [0.25, 0.3) is 0 Å². The zero-order valence-corrected chi connectivity index (χ0v) is 6.85. The minimum Gasteiger partial charge on any atom is -0.478 e. The van der Waals surface area contributed by atoms with E-state index in [1.807, 2.05) is 0 Å². The first-order chi connectivity index (χ1) is 4.70. The van der Waals surface area contributed by atoms with Gasteiger partial charge in [-0.1, -0.05) is 13.8 Å². The summed E-state index contributed by atoms with van der Waals surface area (Å²) in [4.78, 5) is 0. The van der Waals surface area contributed by atoms with Gasteiger partial charge in [0.15, 0.2) is 0 Å². The largest absolute Gasteiger partial charge is 0.478 e. The van der Waals surface area contributed by atoms with E-state index in [1.54, 1.807) is 7.05 Å². The van der Waals surface area contributed by atoms with E-state index in [4.69, 9.17) is 10.5 Å². The predicted molar refractivity (Wildman–Crippen MR) is 42.1 cm³/mol. The molecule has 0 aromatic heterocycles. The Morgan fingerprint density at radius 1 is 1.70 bits per heavy atom. The summed E-state index contributed by atoms with van der Waals surface area (Å²) in [6.45, 7) is 4.87. The Morgan fingerprint density at radius 2 is 2.30 bits per heavy atom. The molecule has 0 bridgehead atoms. The molecule has 0 aliphatic rings. The Balaban J connectivity index is 3.46. The third-order valence-corrected chi connectivity index (χ3v) is 0.970. The van der Waals surface area contributed by atoms with Crippen LogP contribution in [0.25, 0.3) is 0 Å². The van der Waals surface area contributed by atoms with Gasteiger partial charge < -0.3 is 15.8 Å². The Bertz CT molecular complexity index is 110. The number of ether oxygens (including phenoxy) is 1. The summed E-state index contributed by atoms with van der Waals surface area (Å²) in [6, 6.07) is 0. The lowest BCUT2D eigenvalue weighted by Crippen LogP contribution is -2.14. The van der Waals surface area contributed by atoms with Crippen LogP contribution >= 0.6 is 0 Å². The quantitative estimate of drug-likeness (QED) is 0.569. The van der Waals surface area contributed by atoms with Crippen LogP contribution in [-0.4, -0.2) is 13.7 Å². The first-order valence-electron chi connectivity index (χ1n) is 3.43. The van der Waals surface area contributed by atoms with Crippen molar-refractivity contribution in [1.82, 2.24) is 5.32 Å². The average molecular weight is 144 g/mol. The first-order valence-corrected chi connectivity index (χ1v) is 3.43. The van der Waals surface area contributed by atoms with Gasteiger partial charge >= 0.3 is 0 Å². The van der Waals surface area contributed by atoms with Crippen molar-refractivity contribution in [3.63, 3.8) is 0 Å². The molecule has 0 radical (unpaired) electrons. The van der Waals surface area contributed by atoms with Gasteiger partial charge in [0.1, 0.15) is 0 Å². The molecule has 0 spiro atoms. The lowest BCUT2D eigenvalue weighted by Gasteiger charge is -2.10. The predicted octanol–water partition coefficient (Wildman–Crippen LogP) is 0.636. The molecule has 0 aliphatic carbocycles. The maximum absolute atomic E-state index is 5.23. The molecule has 0 amide bonds. The second-order valence-corrected chi connectivity index (χ2v) is 2.49. The van der Waals surface area contributed by atoms with Crippen LogP contribution in [0.2, 0.25) is 0 Å². The van der Waals surface area contributed by atoms with Crippen LogP contribution in [0.4, 0.5) is 0 Å². The molecule has 0 aromatic rings. The summed E-state index contributed by atoms with van der Waals surface area (Å²) in [5, 5.41) is 2.82. The van der Waals surface area contributed by atoms with E-state index in [2.05, 4.69) is 19.2 Å². The molecule has 0 saturated heterocycles. The second-order valence-electron chi connectivity index (χ2n) is 2.49. The van der Waals surface area contributed by atoms with E-state index in [-0.39, 0.29) is 0 Å². The summed E-state index contributed by atoms with van der Waals surface area (Å²) in [6.07, 6.45) is 1.42. The third-order valence-electron chi connectivity index (χ3n) is 0.970. The van der Waals surface area contributed by atoms with E-state index in [1.165, 1.54) is 6.20 Å². The monoisotopic (exact) mass is 144 g/mol. The van der Waals surface area contributed by atoms with E-state index in [9.17, 15) is 0 Å². The number of hydrogen-bond acceptors (Lipinski definition) is 3. The lowest BCUT2D eigenvalue weighted by atomic mass is 10.2. The van der Waals surface area contributed by atoms with Crippen LogP contribution in [0.15, 0.2) is 12.1 Å². The van der Waals surface area contributed by atoms with Gasteiger partial charge in [-0.3, -0.25) is 0 Å². The highest BCUT2D eigenvalue weighted by atomic mass is 16.5. The first kappa shape index (κ1) is 9.14. The number of rotatable bonds is 4. The van der Waals surface area contributed by atoms with Gasteiger partial charge in [-0.15, -0.1) is 0 Å². The van der Waals surface area contributed by atoms with Crippen LogP contribution in [0.5, 0.6) is 0 Å². The normalized spacial score (nSPS) is 11.8. The van der Waals surface area contributed by atoms with Gasteiger partial charge in [0.2, 0.25) is 5.88 Å². The third kappa shape index (κ3) is 4.06. The molecule has 0 heterocycles. The van der Waals surface area contributed by atoms with Crippen LogP contribution in [0.1, 0.15) is 13.8 Å². The number of nitrogens with two attached hydrogens (primary N) is 1. The standard InChI is InChI=1S/C7H16N2O/c1-6(2)5-10-7(4-8)9-3/h4,6,9H,5,8H2,1-3H3/b7-4-. The molecule has 3 N–H and O–H groups in total. The molecule has 0 aromatic carbocycles. The Morgan fingerprint density at radius 3 is 2.60 bits per heavy atom. The van der Waals surface area contributed by atoms with E-state index >= 15 is 0 Å². The molecule has 10 heavy (non-hydrogen) atoms. The SMILES string of the molecule is CN/C(=C/N)OCC(C)C. The Hall–Kier alpha value is -0.860. The fourth-order valence-corrected chi connectivity index (χ4v) is 0.460. The smallest absolute Gasteiger partial charge is 0.202 e. The molecule has 0 atom stereocenters. The number of nitrogens with one attached hydrogen (secondary N) is 1. The molecular formula is C7H16N2O. The van der Waals surface area contributed by atoms with E-state index in [0.29, 0.717) is 18.4 Å². The molecule has 60 valence electrons. The molecule has 0 saturated carbocycles. The maximum Gasteiger partial charge on any atom is 0.202 e. The molecule has 0 fully saturated rings. The summed E-state index contributed by atoms with van der Waals surface area (Å²) >= 11 is 0. The molecular weight excluding hydrogens is 128 g/mol. The summed E-state index contributed by atoms with van der Waals surface area (Å²) in [5.41, 5.74) is 5.22. The Kier molecular flexibility index (Phi) is 4.54. The summed E-state index contributed by atoms with van der Waals surface area (Å²) < 4.78 is 5.23. The van der Waals surface area contributed by atoms with Crippen molar-refractivity contribution in [3.05, 3.63) is 12.1 Å². The van der Waals surface area contributed by atoms with Crippen LogP contribution in [0.3, 0.4) is 0 Å². The average Bonchev–Trinajstić information content (AvgIpc) is 1.90. The summed E-state index contributed by atoms with van der Waals surface area (Å²) in [5.74, 6) is 1.16. The highest BCUT2D eigenvalue weighted by Gasteiger charge is 1.95. The Labute approximate surface area is 62.2 Å². The van der Waals surface area contributed by atoms with Crippen molar-refractivity contribution in [2.45, 2.75) is 13.8 Å². The van der Waals surface area contributed by atoms with Crippen molar-refractivity contribution in [2.75, 3.05) is 13.7 Å². The summed E-state index contributed by atoms with van der Waals surface area (Å²) in [7, 11) is 1.78. The van der Waals surface area contributed by atoms with Crippen molar-refractivity contribution < 1.29 is 4.74 Å². The van der Waals surface area contributed by atoms with Gasteiger partial charge in [-0.05, 0) is 5.92 Å². The fourth-order valence-electron chi connectivity index (χ4n) is 0.460. The van der Waals surface area contributed by atoms with Gasteiger partial charge in [-0.25, -0.2) is 0 Å². The number of hydrogen-bond donors (Lipinski definition) is 2. The van der Waals surface area contributed by atoms with Crippen molar-refractivity contribution in [3.8, 4) is 0 Å². The zero-order chi connectivity index (χ0) is 7.98. The topological polar surface area (TPSA) is 47.3 Å². The van der Waals surface area contributed by atoms with Crippen molar-refractivity contribution in [2.24, 2.45) is 11.7 Å². The van der Waals surface area contributed by atoms with Crippen LogP contribution in [0, 0.1) is 5.92 Å². The van der Waals surface area contributed by atoms with Gasteiger partial charge in [0.05, 0.1) is 12.8 Å². The zero-order valence-electron chi connectivity index (χ0n) is 6.85. The highest BCUT2D eigenvalue weighted by molar-refractivity contribution is 4.84. The minimum atomic E-state index is 0.531. The van der Waals surface area contributed by atoms with Crippen molar-refractivity contribution in [1.29, 1.82) is 0 Å². The highest BCUT2D eigenvalue weighted by Crippen LogP contribution is 1.96. The maximum atomic E-state index is 5.23. The minimum absolute atomic E-state index is 0.531. The molecule has 3 heteroatoms. The van der Waals surface area contributed by atoms with Gasteiger partial charge in [-0.2, -0.15) is 0 Å². The molecule has 0 rings (SSSR count).